The van der Waals surface area contributed by atoms with E-state index in [1.807, 2.05) is 19.2 Å². The second-order valence-corrected chi connectivity index (χ2v) is 4.49. The van der Waals surface area contributed by atoms with E-state index in [0.29, 0.717) is 12.3 Å². The zero-order valence-electron chi connectivity index (χ0n) is 12.4. The molecule has 0 radical (unpaired) electrons. The van der Waals surface area contributed by atoms with E-state index in [1.165, 1.54) is 0 Å². The number of hydrogen-bond acceptors (Lipinski definition) is 6. The summed E-state index contributed by atoms with van der Waals surface area (Å²) in [6.07, 6.45) is 0. The molecule has 20 heavy (non-hydrogen) atoms. The van der Waals surface area contributed by atoms with Crippen molar-refractivity contribution in [3.8, 4) is 17.2 Å². The SMILES string of the molecule is COc1cc(OC)c(CNC2=NCCN2C)c(OC)c1. The molecule has 1 N–H and O–H groups in total. The lowest BCUT2D eigenvalue weighted by Crippen LogP contribution is -2.35. The first-order valence-corrected chi connectivity index (χ1v) is 6.48. The van der Waals surface area contributed by atoms with Crippen LogP contribution in [0.3, 0.4) is 0 Å². The molecule has 0 aromatic heterocycles. The van der Waals surface area contributed by atoms with Crippen LogP contribution in [-0.4, -0.2) is 52.3 Å². The van der Waals surface area contributed by atoms with Crippen molar-refractivity contribution >= 4 is 5.96 Å². The third-order valence-corrected chi connectivity index (χ3v) is 3.30. The van der Waals surface area contributed by atoms with Gasteiger partial charge in [-0.05, 0) is 0 Å². The van der Waals surface area contributed by atoms with Crippen molar-refractivity contribution in [1.29, 1.82) is 0 Å². The highest BCUT2D eigenvalue weighted by atomic mass is 16.5. The Morgan fingerprint density at radius 3 is 2.25 bits per heavy atom. The van der Waals surface area contributed by atoms with Gasteiger partial charge in [-0.3, -0.25) is 4.99 Å². The first-order chi connectivity index (χ1) is 9.69. The average molecular weight is 279 g/mol. The Bertz CT molecular complexity index is 477. The molecule has 1 aromatic rings. The molecule has 1 aromatic carbocycles. The van der Waals surface area contributed by atoms with Gasteiger partial charge in [0.15, 0.2) is 5.96 Å². The van der Waals surface area contributed by atoms with E-state index in [0.717, 1.165) is 36.1 Å². The lowest BCUT2D eigenvalue weighted by Gasteiger charge is -2.18. The van der Waals surface area contributed by atoms with Gasteiger partial charge in [-0.1, -0.05) is 0 Å². The van der Waals surface area contributed by atoms with Crippen LogP contribution in [0.1, 0.15) is 5.56 Å². The predicted octanol–water partition coefficient (Wildman–Crippen LogP) is 1.10. The van der Waals surface area contributed by atoms with Crippen molar-refractivity contribution < 1.29 is 14.2 Å². The maximum atomic E-state index is 5.42. The van der Waals surface area contributed by atoms with Crippen molar-refractivity contribution in [3.05, 3.63) is 17.7 Å². The lowest BCUT2D eigenvalue weighted by atomic mass is 10.1. The van der Waals surface area contributed by atoms with Crippen LogP contribution in [0, 0.1) is 0 Å². The van der Waals surface area contributed by atoms with Crippen molar-refractivity contribution in [2.45, 2.75) is 6.54 Å². The van der Waals surface area contributed by atoms with Gasteiger partial charge in [0.25, 0.3) is 0 Å². The zero-order valence-corrected chi connectivity index (χ0v) is 12.4. The fourth-order valence-corrected chi connectivity index (χ4v) is 2.14. The van der Waals surface area contributed by atoms with E-state index < -0.39 is 0 Å². The maximum Gasteiger partial charge on any atom is 0.194 e. The minimum Gasteiger partial charge on any atom is -0.496 e. The van der Waals surface area contributed by atoms with Crippen LogP contribution in [-0.2, 0) is 6.54 Å². The molecule has 6 nitrogen and oxygen atoms in total. The molecule has 0 saturated heterocycles. The van der Waals surface area contributed by atoms with Gasteiger partial charge in [0.05, 0.1) is 40.0 Å². The van der Waals surface area contributed by atoms with Gasteiger partial charge in [-0.25, -0.2) is 0 Å². The molecule has 1 heterocycles. The third-order valence-electron chi connectivity index (χ3n) is 3.30. The molecule has 0 aliphatic carbocycles. The molecule has 1 aliphatic rings. The highest BCUT2D eigenvalue weighted by Gasteiger charge is 2.16. The number of rotatable bonds is 5. The smallest absolute Gasteiger partial charge is 0.194 e. The fourth-order valence-electron chi connectivity index (χ4n) is 2.14. The number of guanidine groups is 1. The van der Waals surface area contributed by atoms with E-state index in [-0.39, 0.29) is 0 Å². The molecule has 110 valence electrons. The summed E-state index contributed by atoms with van der Waals surface area (Å²) in [4.78, 5) is 6.49. The van der Waals surface area contributed by atoms with Crippen molar-refractivity contribution in [2.24, 2.45) is 4.99 Å². The predicted molar refractivity (Wildman–Crippen MR) is 77.9 cm³/mol. The summed E-state index contributed by atoms with van der Waals surface area (Å²) in [6.45, 7) is 2.36. The monoisotopic (exact) mass is 279 g/mol. The van der Waals surface area contributed by atoms with Crippen molar-refractivity contribution in [2.75, 3.05) is 41.5 Å². The van der Waals surface area contributed by atoms with E-state index in [1.54, 1.807) is 21.3 Å². The molecule has 0 spiro atoms. The number of nitrogens with zero attached hydrogens (tertiary/aromatic N) is 2. The molecular formula is C14H21N3O3. The number of likely N-dealkylation sites (N-methyl/N-ethyl adjacent to an activating group) is 1. The Balaban J connectivity index is 2.21. The summed E-state index contributed by atoms with van der Waals surface area (Å²) in [5.74, 6) is 3.06. The number of nitrogens with one attached hydrogen (secondary N) is 1. The Labute approximate surface area is 119 Å². The fraction of sp³-hybridized carbons (Fsp3) is 0.500. The van der Waals surface area contributed by atoms with E-state index >= 15 is 0 Å². The van der Waals surface area contributed by atoms with Crippen LogP contribution < -0.4 is 19.5 Å². The summed E-state index contributed by atoms with van der Waals surface area (Å²) in [5, 5.41) is 3.31. The van der Waals surface area contributed by atoms with E-state index in [4.69, 9.17) is 14.2 Å². The Morgan fingerprint density at radius 2 is 1.80 bits per heavy atom. The zero-order chi connectivity index (χ0) is 14.5. The Hall–Kier alpha value is -2.11. The van der Waals surface area contributed by atoms with Crippen LogP contribution in [0.2, 0.25) is 0 Å². The molecule has 6 heteroatoms. The van der Waals surface area contributed by atoms with Gasteiger partial charge in [-0.15, -0.1) is 0 Å². The molecular weight excluding hydrogens is 258 g/mol. The number of methoxy groups -OCH3 is 3. The summed E-state index contributed by atoms with van der Waals surface area (Å²) >= 11 is 0. The number of aliphatic imine (C=N–C) groups is 1. The molecule has 0 amide bonds. The van der Waals surface area contributed by atoms with Gasteiger partial charge >= 0.3 is 0 Å². The first kappa shape index (κ1) is 14.3. The van der Waals surface area contributed by atoms with Gasteiger partial charge in [0.2, 0.25) is 0 Å². The molecule has 1 aliphatic heterocycles. The molecule has 0 atom stereocenters. The van der Waals surface area contributed by atoms with E-state index in [9.17, 15) is 0 Å². The number of ether oxygens (including phenoxy) is 3. The topological polar surface area (TPSA) is 55.3 Å². The minimum absolute atomic E-state index is 0.583. The van der Waals surface area contributed by atoms with Gasteiger partial charge < -0.3 is 24.4 Å². The Kier molecular flexibility index (Phi) is 4.55. The van der Waals surface area contributed by atoms with Crippen LogP contribution in [0.5, 0.6) is 17.2 Å². The molecule has 2 rings (SSSR count). The number of hydrogen-bond donors (Lipinski definition) is 1. The Morgan fingerprint density at radius 1 is 1.15 bits per heavy atom. The first-order valence-electron chi connectivity index (χ1n) is 6.48. The van der Waals surface area contributed by atoms with Crippen LogP contribution in [0.25, 0.3) is 0 Å². The molecule has 0 fully saturated rings. The second kappa shape index (κ2) is 6.36. The quantitative estimate of drug-likeness (QED) is 0.875. The average Bonchev–Trinajstić information content (AvgIpc) is 2.89. The van der Waals surface area contributed by atoms with Crippen LogP contribution in [0.4, 0.5) is 0 Å². The van der Waals surface area contributed by atoms with E-state index in [2.05, 4.69) is 15.2 Å². The second-order valence-electron chi connectivity index (χ2n) is 4.49. The van der Waals surface area contributed by atoms with Crippen molar-refractivity contribution in [3.63, 3.8) is 0 Å². The van der Waals surface area contributed by atoms with Crippen LogP contribution in [0.15, 0.2) is 17.1 Å². The van der Waals surface area contributed by atoms with Crippen molar-refractivity contribution in [1.82, 2.24) is 10.2 Å². The molecule has 0 bridgehead atoms. The third kappa shape index (κ3) is 2.89. The summed E-state index contributed by atoms with van der Waals surface area (Å²) < 4.78 is 16.1. The summed E-state index contributed by atoms with van der Waals surface area (Å²) in [6, 6.07) is 3.69. The molecule has 0 unspecified atom stereocenters. The summed E-state index contributed by atoms with van der Waals surface area (Å²) in [7, 11) is 6.91. The van der Waals surface area contributed by atoms with Gasteiger partial charge in [0, 0.05) is 25.7 Å². The highest BCUT2D eigenvalue weighted by molar-refractivity contribution is 5.81. The molecule has 0 saturated carbocycles. The van der Waals surface area contributed by atoms with Gasteiger partial charge in [0.1, 0.15) is 17.2 Å². The highest BCUT2D eigenvalue weighted by Crippen LogP contribution is 2.33. The number of benzene rings is 1. The largest absolute Gasteiger partial charge is 0.496 e. The standard InChI is InChI=1S/C14H21N3O3/c1-17-6-5-15-14(17)16-9-11-12(19-3)7-10(18-2)8-13(11)20-4/h7-8H,5-6,9H2,1-4H3,(H,15,16). The van der Waals surface area contributed by atoms with Crippen LogP contribution >= 0.6 is 0 Å². The summed E-state index contributed by atoms with van der Waals surface area (Å²) in [5.41, 5.74) is 0.943. The minimum atomic E-state index is 0.583. The lowest BCUT2D eigenvalue weighted by molar-refractivity contribution is 0.367. The van der Waals surface area contributed by atoms with Gasteiger partial charge in [-0.2, -0.15) is 0 Å². The normalized spacial score (nSPS) is 14.0. The maximum absolute atomic E-state index is 5.42.